The first kappa shape index (κ1) is 5.64. The van der Waals surface area contributed by atoms with Crippen molar-refractivity contribution in [3.05, 3.63) is 24.3 Å². The second-order valence-electron chi connectivity index (χ2n) is 1.41. The van der Waals surface area contributed by atoms with Gasteiger partial charge in [-0.2, -0.15) is 4.39 Å². The average Bonchev–Trinajstić information content (AvgIpc) is 1.77. The van der Waals surface area contributed by atoms with Crippen LogP contribution < -0.4 is 5.30 Å². The number of rotatable bonds is 0. The third-order valence-corrected chi connectivity index (χ3v) is 1.09. The summed E-state index contributed by atoms with van der Waals surface area (Å²) in [5.41, 5.74) is 0. The molecule has 3 heteroatoms. The normalized spacial score (nSPS) is 9.25. The van der Waals surface area contributed by atoms with Crippen molar-refractivity contribution in [1.29, 1.82) is 0 Å². The minimum Gasteiger partial charge on any atom is -0.228 e. The van der Waals surface area contributed by atoms with Gasteiger partial charge in [-0.1, -0.05) is 0 Å². The van der Waals surface area contributed by atoms with Gasteiger partial charge in [-0.15, -0.1) is 9.24 Å². The molecule has 0 aliphatic carbocycles. The Hall–Kier alpha value is -0.490. The molecular weight excluding hydrogens is 124 g/mol. The molecule has 8 heavy (non-hydrogen) atoms. The van der Waals surface area contributed by atoms with E-state index in [4.69, 9.17) is 0 Å². The van der Waals surface area contributed by atoms with Crippen LogP contribution in [0.2, 0.25) is 0 Å². The van der Waals surface area contributed by atoms with Crippen LogP contribution in [0, 0.1) is 5.95 Å². The molecule has 0 radical (unpaired) electrons. The molecule has 0 saturated heterocycles. The molecule has 0 amide bonds. The summed E-state index contributed by atoms with van der Waals surface area (Å²) in [5.74, 6) is -0.434. The fraction of sp³-hybridized carbons (Fsp3) is 0. The molecular formula is C5H5FNP. The lowest BCUT2D eigenvalue weighted by molar-refractivity contribution is 0.584. The molecule has 0 N–H and O–H groups in total. The van der Waals surface area contributed by atoms with Crippen molar-refractivity contribution in [1.82, 2.24) is 4.98 Å². The first-order valence-electron chi connectivity index (χ1n) is 2.16. The van der Waals surface area contributed by atoms with Gasteiger partial charge in [0.1, 0.15) is 0 Å². The first-order valence-corrected chi connectivity index (χ1v) is 2.74. The molecule has 1 nitrogen and oxygen atoms in total. The standard InChI is InChI=1S/C5H5FNP/c6-5-2-1-4(8)3-7-5/h1-3H,8H2. The minimum atomic E-state index is -0.434. The van der Waals surface area contributed by atoms with Gasteiger partial charge in [0.05, 0.1) is 0 Å². The van der Waals surface area contributed by atoms with Crippen LogP contribution in [0.1, 0.15) is 0 Å². The van der Waals surface area contributed by atoms with Gasteiger partial charge in [0.2, 0.25) is 5.95 Å². The van der Waals surface area contributed by atoms with Gasteiger partial charge in [-0.3, -0.25) is 0 Å². The molecule has 1 aromatic rings. The van der Waals surface area contributed by atoms with Crippen LogP contribution in [0.25, 0.3) is 0 Å². The van der Waals surface area contributed by atoms with E-state index in [1.54, 1.807) is 6.07 Å². The number of halogens is 1. The zero-order valence-corrected chi connectivity index (χ0v) is 5.29. The van der Waals surface area contributed by atoms with E-state index in [0.717, 1.165) is 5.30 Å². The highest BCUT2D eigenvalue weighted by Crippen LogP contribution is 1.89. The number of pyridine rings is 1. The van der Waals surface area contributed by atoms with Crippen LogP contribution >= 0.6 is 9.24 Å². The van der Waals surface area contributed by atoms with E-state index in [0.29, 0.717) is 0 Å². The number of hydrogen-bond donors (Lipinski definition) is 0. The zero-order chi connectivity index (χ0) is 5.98. The highest BCUT2D eigenvalue weighted by Gasteiger charge is 1.85. The number of nitrogens with zero attached hydrogens (tertiary/aromatic N) is 1. The lowest BCUT2D eigenvalue weighted by Gasteiger charge is -1.86. The van der Waals surface area contributed by atoms with E-state index in [2.05, 4.69) is 14.2 Å². The predicted octanol–water partition coefficient (Wildman–Crippen LogP) is 0.721. The maximum absolute atomic E-state index is 12.0. The average molecular weight is 129 g/mol. The van der Waals surface area contributed by atoms with Crippen LogP contribution in [0.15, 0.2) is 18.3 Å². The first-order chi connectivity index (χ1) is 3.79. The molecule has 0 spiro atoms. The van der Waals surface area contributed by atoms with Crippen molar-refractivity contribution in [2.45, 2.75) is 0 Å². The monoisotopic (exact) mass is 129 g/mol. The second kappa shape index (κ2) is 2.19. The summed E-state index contributed by atoms with van der Waals surface area (Å²) >= 11 is 0. The maximum Gasteiger partial charge on any atom is 0.212 e. The summed E-state index contributed by atoms with van der Waals surface area (Å²) in [6, 6.07) is 2.97. The van der Waals surface area contributed by atoms with Gasteiger partial charge >= 0.3 is 0 Å². The quantitative estimate of drug-likeness (QED) is 0.371. The Kier molecular flexibility index (Phi) is 1.54. The zero-order valence-electron chi connectivity index (χ0n) is 4.13. The molecule has 1 unspecified atom stereocenters. The molecule has 42 valence electrons. The van der Waals surface area contributed by atoms with Gasteiger partial charge in [0.15, 0.2) is 0 Å². The largest absolute Gasteiger partial charge is 0.228 e. The van der Waals surface area contributed by atoms with Gasteiger partial charge in [0, 0.05) is 6.20 Å². The molecule has 0 bridgehead atoms. The molecule has 1 rings (SSSR count). The Morgan fingerprint density at radius 2 is 2.25 bits per heavy atom. The molecule has 1 atom stereocenters. The maximum atomic E-state index is 12.0. The lowest BCUT2D eigenvalue weighted by atomic mass is 10.5. The Bertz CT molecular complexity index is 151. The molecule has 0 aliphatic rings. The van der Waals surface area contributed by atoms with E-state index < -0.39 is 5.95 Å². The van der Waals surface area contributed by atoms with E-state index in [9.17, 15) is 4.39 Å². The summed E-state index contributed by atoms with van der Waals surface area (Å²) in [7, 11) is 2.42. The Balaban J connectivity index is 3.03. The van der Waals surface area contributed by atoms with Crippen molar-refractivity contribution in [2.75, 3.05) is 0 Å². The van der Waals surface area contributed by atoms with Gasteiger partial charge in [0.25, 0.3) is 0 Å². The van der Waals surface area contributed by atoms with Crippen LogP contribution in [-0.4, -0.2) is 4.98 Å². The van der Waals surface area contributed by atoms with Gasteiger partial charge in [-0.25, -0.2) is 4.98 Å². The van der Waals surface area contributed by atoms with Crippen molar-refractivity contribution < 1.29 is 4.39 Å². The third-order valence-electron chi connectivity index (χ3n) is 0.750. The van der Waals surface area contributed by atoms with Crippen molar-refractivity contribution >= 4 is 14.5 Å². The van der Waals surface area contributed by atoms with Crippen molar-refractivity contribution in [3.8, 4) is 0 Å². The summed E-state index contributed by atoms with van der Waals surface area (Å²) in [5, 5.41) is 0.895. The van der Waals surface area contributed by atoms with Crippen molar-refractivity contribution in [3.63, 3.8) is 0 Å². The minimum absolute atomic E-state index is 0.434. The Labute approximate surface area is 49.1 Å². The second-order valence-corrected chi connectivity index (χ2v) is 2.08. The smallest absolute Gasteiger partial charge is 0.212 e. The summed E-state index contributed by atoms with van der Waals surface area (Å²) in [4.78, 5) is 3.39. The van der Waals surface area contributed by atoms with E-state index in [-0.39, 0.29) is 0 Å². The molecule has 0 fully saturated rings. The van der Waals surface area contributed by atoms with Crippen LogP contribution in [0.4, 0.5) is 4.39 Å². The Morgan fingerprint density at radius 1 is 1.50 bits per heavy atom. The molecule has 1 heterocycles. The van der Waals surface area contributed by atoms with Crippen LogP contribution in [0.3, 0.4) is 0 Å². The fourth-order valence-electron chi connectivity index (χ4n) is 0.387. The topological polar surface area (TPSA) is 12.9 Å². The highest BCUT2D eigenvalue weighted by molar-refractivity contribution is 7.27. The SMILES string of the molecule is Fc1ccc(P)cn1. The number of aromatic nitrogens is 1. The van der Waals surface area contributed by atoms with Gasteiger partial charge in [-0.05, 0) is 17.4 Å². The fourth-order valence-corrected chi connectivity index (χ4v) is 0.558. The number of hydrogen-bond acceptors (Lipinski definition) is 1. The predicted molar refractivity (Wildman–Crippen MR) is 33.5 cm³/mol. The molecule has 0 aromatic carbocycles. The van der Waals surface area contributed by atoms with Crippen LogP contribution in [0.5, 0.6) is 0 Å². The molecule has 0 aliphatic heterocycles. The molecule has 0 saturated carbocycles. The van der Waals surface area contributed by atoms with Crippen LogP contribution in [-0.2, 0) is 0 Å². The highest BCUT2D eigenvalue weighted by atomic mass is 31.0. The summed E-state index contributed by atoms with van der Waals surface area (Å²) in [6.45, 7) is 0. The van der Waals surface area contributed by atoms with E-state index in [1.165, 1.54) is 12.3 Å². The van der Waals surface area contributed by atoms with E-state index in [1.807, 2.05) is 0 Å². The third kappa shape index (κ3) is 1.24. The van der Waals surface area contributed by atoms with Crippen molar-refractivity contribution in [2.24, 2.45) is 0 Å². The summed E-state index contributed by atoms with van der Waals surface area (Å²) < 4.78 is 12.0. The Morgan fingerprint density at radius 3 is 2.62 bits per heavy atom. The summed E-state index contributed by atoms with van der Waals surface area (Å²) in [6.07, 6.45) is 1.46. The lowest BCUT2D eigenvalue weighted by Crippen LogP contribution is -1.91. The van der Waals surface area contributed by atoms with Gasteiger partial charge < -0.3 is 0 Å². The molecule has 1 aromatic heterocycles. The van der Waals surface area contributed by atoms with E-state index >= 15 is 0 Å².